The van der Waals surface area contributed by atoms with Gasteiger partial charge in [-0.05, 0) is 53.7 Å². The van der Waals surface area contributed by atoms with E-state index in [1.165, 1.54) is 16.7 Å². The van der Waals surface area contributed by atoms with E-state index in [-0.39, 0.29) is 0 Å². The SMILES string of the molecule is CC(=Cc1ccc(C(=O)O)cc1)c1ccc(CC(C)C)cc1. The third-order valence-electron chi connectivity index (χ3n) is 3.59. The lowest BCUT2D eigenvalue weighted by Crippen LogP contribution is -1.95. The van der Waals surface area contributed by atoms with Crippen LogP contribution in [0.15, 0.2) is 48.5 Å². The van der Waals surface area contributed by atoms with E-state index in [9.17, 15) is 4.79 Å². The second-order valence-corrected chi connectivity index (χ2v) is 6.05. The molecule has 0 amide bonds. The van der Waals surface area contributed by atoms with E-state index < -0.39 is 5.97 Å². The highest BCUT2D eigenvalue weighted by atomic mass is 16.4. The molecule has 0 atom stereocenters. The van der Waals surface area contributed by atoms with Crippen molar-refractivity contribution in [3.8, 4) is 0 Å². The Balaban J connectivity index is 2.15. The second-order valence-electron chi connectivity index (χ2n) is 6.05. The summed E-state index contributed by atoms with van der Waals surface area (Å²) in [5, 5.41) is 8.91. The van der Waals surface area contributed by atoms with Gasteiger partial charge in [-0.25, -0.2) is 4.79 Å². The Bertz CT molecular complexity index is 662. The van der Waals surface area contributed by atoms with Crippen LogP contribution >= 0.6 is 0 Å². The minimum atomic E-state index is -0.895. The highest BCUT2D eigenvalue weighted by Crippen LogP contribution is 2.19. The molecule has 0 aliphatic rings. The lowest BCUT2D eigenvalue weighted by Gasteiger charge is -2.07. The lowest BCUT2D eigenvalue weighted by atomic mass is 9.98. The van der Waals surface area contributed by atoms with Gasteiger partial charge in [0.15, 0.2) is 0 Å². The van der Waals surface area contributed by atoms with Gasteiger partial charge in [0.1, 0.15) is 0 Å². The lowest BCUT2D eigenvalue weighted by molar-refractivity contribution is 0.0697. The van der Waals surface area contributed by atoms with Crippen molar-refractivity contribution >= 4 is 17.6 Å². The topological polar surface area (TPSA) is 37.3 Å². The Hall–Kier alpha value is -2.35. The zero-order valence-corrected chi connectivity index (χ0v) is 13.3. The van der Waals surface area contributed by atoms with E-state index in [4.69, 9.17) is 5.11 Å². The first-order valence-electron chi connectivity index (χ1n) is 7.56. The summed E-state index contributed by atoms with van der Waals surface area (Å²) in [5.41, 5.74) is 5.04. The number of allylic oxidation sites excluding steroid dienone is 1. The molecule has 2 aromatic carbocycles. The highest BCUT2D eigenvalue weighted by molar-refractivity contribution is 5.88. The summed E-state index contributed by atoms with van der Waals surface area (Å²) in [4.78, 5) is 10.8. The maximum Gasteiger partial charge on any atom is 0.335 e. The van der Waals surface area contributed by atoms with Gasteiger partial charge in [-0.15, -0.1) is 0 Å². The fourth-order valence-corrected chi connectivity index (χ4v) is 2.43. The minimum Gasteiger partial charge on any atom is -0.478 e. The van der Waals surface area contributed by atoms with E-state index in [1.54, 1.807) is 12.1 Å². The first-order chi connectivity index (χ1) is 10.5. The van der Waals surface area contributed by atoms with Crippen LogP contribution in [0, 0.1) is 5.92 Å². The molecule has 0 spiro atoms. The van der Waals surface area contributed by atoms with Gasteiger partial charge in [0, 0.05) is 0 Å². The number of hydrogen-bond acceptors (Lipinski definition) is 1. The molecule has 0 saturated carbocycles. The van der Waals surface area contributed by atoms with E-state index in [0.29, 0.717) is 11.5 Å². The third-order valence-corrected chi connectivity index (χ3v) is 3.59. The minimum absolute atomic E-state index is 0.313. The molecule has 2 nitrogen and oxygen atoms in total. The van der Waals surface area contributed by atoms with Crippen LogP contribution in [-0.4, -0.2) is 11.1 Å². The Morgan fingerprint density at radius 3 is 2.05 bits per heavy atom. The van der Waals surface area contributed by atoms with Crippen LogP contribution in [0.5, 0.6) is 0 Å². The molecule has 0 aliphatic carbocycles. The zero-order valence-electron chi connectivity index (χ0n) is 13.3. The van der Waals surface area contributed by atoms with Crippen molar-refractivity contribution in [2.45, 2.75) is 27.2 Å². The van der Waals surface area contributed by atoms with Crippen LogP contribution in [0.3, 0.4) is 0 Å². The summed E-state index contributed by atoms with van der Waals surface area (Å²) >= 11 is 0. The molecule has 0 aromatic heterocycles. The average Bonchev–Trinajstić information content (AvgIpc) is 2.48. The summed E-state index contributed by atoms with van der Waals surface area (Å²) in [6.07, 6.45) is 3.17. The zero-order chi connectivity index (χ0) is 16.1. The Kier molecular flexibility index (Phi) is 5.16. The molecule has 2 heteroatoms. The highest BCUT2D eigenvalue weighted by Gasteiger charge is 2.02. The summed E-state index contributed by atoms with van der Waals surface area (Å²) < 4.78 is 0. The van der Waals surface area contributed by atoms with Gasteiger partial charge in [0.2, 0.25) is 0 Å². The van der Waals surface area contributed by atoms with E-state index >= 15 is 0 Å². The van der Waals surface area contributed by atoms with Crippen LogP contribution in [-0.2, 0) is 6.42 Å². The number of hydrogen-bond donors (Lipinski definition) is 1. The summed E-state index contributed by atoms with van der Waals surface area (Å²) in [5.74, 6) is -0.233. The van der Waals surface area contributed by atoms with Gasteiger partial charge >= 0.3 is 5.97 Å². The van der Waals surface area contributed by atoms with Gasteiger partial charge in [0.25, 0.3) is 0 Å². The first kappa shape index (κ1) is 16.0. The average molecular weight is 294 g/mol. The fourth-order valence-electron chi connectivity index (χ4n) is 2.43. The molecule has 0 radical (unpaired) electrons. The maximum atomic E-state index is 10.8. The van der Waals surface area contributed by atoms with Crippen molar-refractivity contribution in [1.82, 2.24) is 0 Å². The van der Waals surface area contributed by atoms with Gasteiger partial charge < -0.3 is 5.11 Å². The normalized spacial score (nSPS) is 11.7. The Morgan fingerprint density at radius 2 is 1.55 bits per heavy atom. The molecule has 0 aliphatic heterocycles. The van der Waals surface area contributed by atoms with Gasteiger partial charge in [-0.2, -0.15) is 0 Å². The number of carboxylic acid groups (broad SMARTS) is 1. The van der Waals surface area contributed by atoms with Crippen molar-refractivity contribution in [2.24, 2.45) is 5.92 Å². The monoisotopic (exact) mass is 294 g/mol. The van der Waals surface area contributed by atoms with Crippen molar-refractivity contribution in [2.75, 3.05) is 0 Å². The first-order valence-corrected chi connectivity index (χ1v) is 7.56. The second kappa shape index (κ2) is 7.08. The summed E-state index contributed by atoms with van der Waals surface area (Å²) in [6.45, 7) is 6.52. The number of benzene rings is 2. The van der Waals surface area contributed by atoms with E-state index in [1.807, 2.05) is 12.1 Å². The molecule has 1 N–H and O–H groups in total. The molecule has 2 rings (SSSR count). The molecule has 0 bridgehead atoms. The standard InChI is InChI=1S/C20H22O2/c1-14(2)12-16-4-8-18(9-5-16)15(3)13-17-6-10-19(11-7-17)20(21)22/h4-11,13-14H,12H2,1-3H3,(H,21,22). The van der Waals surface area contributed by atoms with Crippen molar-refractivity contribution in [3.05, 3.63) is 70.8 Å². The molecular formula is C20H22O2. The molecule has 0 fully saturated rings. The van der Waals surface area contributed by atoms with Crippen LogP contribution in [0.2, 0.25) is 0 Å². The van der Waals surface area contributed by atoms with Crippen molar-refractivity contribution in [3.63, 3.8) is 0 Å². The van der Waals surface area contributed by atoms with Gasteiger partial charge in [0.05, 0.1) is 5.56 Å². The van der Waals surface area contributed by atoms with E-state index in [2.05, 4.69) is 51.1 Å². The molecular weight excluding hydrogens is 272 g/mol. The van der Waals surface area contributed by atoms with Crippen LogP contribution in [0.25, 0.3) is 11.6 Å². The maximum absolute atomic E-state index is 10.8. The fraction of sp³-hybridized carbons (Fsp3) is 0.250. The number of carbonyl (C=O) groups is 1. The predicted molar refractivity (Wildman–Crippen MR) is 91.9 cm³/mol. The number of rotatable bonds is 5. The van der Waals surface area contributed by atoms with E-state index in [0.717, 1.165) is 12.0 Å². The van der Waals surface area contributed by atoms with Crippen LogP contribution < -0.4 is 0 Å². The third kappa shape index (κ3) is 4.32. The predicted octanol–water partition coefficient (Wildman–Crippen LogP) is 5.14. The Morgan fingerprint density at radius 1 is 1.00 bits per heavy atom. The van der Waals surface area contributed by atoms with Crippen LogP contribution in [0.4, 0.5) is 0 Å². The number of carboxylic acids is 1. The largest absolute Gasteiger partial charge is 0.478 e. The molecule has 0 heterocycles. The summed E-state index contributed by atoms with van der Waals surface area (Å²) in [6, 6.07) is 15.6. The summed E-state index contributed by atoms with van der Waals surface area (Å²) in [7, 11) is 0. The Labute approximate surface area is 132 Å². The van der Waals surface area contributed by atoms with Crippen molar-refractivity contribution < 1.29 is 9.90 Å². The van der Waals surface area contributed by atoms with Crippen molar-refractivity contribution in [1.29, 1.82) is 0 Å². The molecule has 114 valence electrons. The number of aromatic carboxylic acids is 1. The molecule has 0 saturated heterocycles. The molecule has 22 heavy (non-hydrogen) atoms. The quantitative estimate of drug-likeness (QED) is 0.775. The smallest absolute Gasteiger partial charge is 0.335 e. The van der Waals surface area contributed by atoms with Gasteiger partial charge in [-0.3, -0.25) is 0 Å². The molecule has 2 aromatic rings. The van der Waals surface area contributed by atoms with Crippen LogP contribution in [0.1, 0.15) is 47.8 Å². The van der Waals surface area contributed by atoms with Gasteiger partial charge in [-0.1, -0.05) is 56.3 Å². The molecule has 0 unspecified atom stereocenters.